The van der Waals surface area contributed by atoms with Crippen LogP contribution in [0.25, 0.3) is 10.9 Å². The van der Waals surface area contributed by atoms with Crippen LogP contribution in [0.5, 0.6) is 0 Å². The van der Waals surface area contributed by atoms with Gasteiger partial charge in [-0.05, 0) is 30.3 Å². The number of H-pyrrole nitrogens is 1. The van der Waals surface area contributed by atoms with E-state index in [0.29, 0.717) is 0 Å². The summed E-state index contributed by atoms with van der Waals surface area (Å²) in [6.45, 7) is 0. The van der Waals surface area contributed by atoms with Gasteiger partial charge in [-0.25, -0.2) is 0 Å². The van der Waals surface area contributed by atoms with Gasteiger partial charge < -0.3 is 10.3 Å². The number of hydrogen-bond donors (Lipinski definition) is 2. The maximum atomic E-state index is 12.0. The zero-order valence-electron chi connectivity index (χ0n) is 10.3. The van der Waals surface area contributed by atoms with Gasteiger partial charge in [-0.1, -0.05) is 12.1 Å². The number of anilines is 1. The average molecular weight is 251 g/mol. The van der Waals surface area contributed by atoms with Gasteiger partial charge in [-0.2, -0.15) is 0 Å². The van der Waals surface area contributed by atoms with E-state index >= 15 is 0 Å². The molecule has 0 atom stereocenters. The zero-order valence-corrected chi connectivity index (χ0v) is 10.3. The molecule has 3 rings (SSSR count). The molecule has 0 aliphatic carbocycles. The van der Waals surface area contributed by atoms with Crippen molar-refractivity contribution < 1.29 is 4.79 Å². The van der Waals surface area contributed by atoms with E-state index in [4.69, 9.17) is 0 Å². The highest BCUT2D eigenvalue weighted by Gasteiger charge is 2.07. The minimum atomic E-state index is -0.0626. The van der Waals surface area contributed by atoms with E-state index in [1.807, 2.05) is 48.7 Å². The quantitative estimate of drug-likeness (QED) is 0.752. The number of aromatic amines is 1. The molecule has 94 valence electrons. The molecule has 0 spiro atoms. The Labute approximate surface area is 110 Å². The number of aromatic nitrogens is 2. The number of carbonyl (C=O) groups excluding carboxylic acids is 1. The molecule has 19 heavy (non-hydrogen) atoms. The van der Waals surface area contributed by atoms with Crippen LogP contribution in [0.1, 0.15) is 5.69 Å². The molecule has 0 bridgehead atoms. The summed E-state index contributed by atoms with van der Waals surface area (Å²) in [7, 11) is 0. The number of benzene rings is 1. The number of carbonyl (C=O) groups is 1. The van der Waals surface area contributed by atoms with Crippen LogP contribution in [-0.4, -0.2) is 15.9 Å². The number of fused-ring (bicyclic) bond motifs is 1. The Morgan fingerprint density at radius 2 is 2.11 bits per heavy atom. The average Bonchev–Trinajstić information content (AvgIpc) is 2.89. The SMILES string of the molecule is O=C(Cc1ccccn1)Nc1cccc2[nH]ccc12. The summed E-state index contributed by atoms with van der Waals surface area (Å²) in [5.74, 6) is -0.0626. The molecular weight excluding hydrogens is 238 g/mol. The van der Waals surface area contributed by atoms with E-state index in [9.17, 15) is 4.79 Å². The van der Waals surface area contributed by atoms with Gasteiger partial charge in [0.15, 0.2) is 0 Å². The van der Waals surface area contributed by atoms with Crippen LogP contribution in [0.3, 0.4) is 0 Å². The lowest BCUT2D eigenvalue weighted by Crippen LogP contribution is -2.15. The molecule has 0 radical (unpaired) electrons. The second-order valence-electron chi connectivity index (χ2n) is 4.29. The second-order valence-corrected chi connectivity index (χ2v) is 4.29. The standard InChI is InChI=1S/C15H13N3O/c19-15(10-11-4-1-2-8-16-11)18-14-6-3-5-13-12(14)7-9-17-13/h1-9,17H,10H2,(H,18,19). The lowest BCUT2D eigenvalue weighted by atomic mass is 10.2. The zero-order chi connectivity index (χ0) is 13.1. The molecule has 0 saturated carbocycles. The molecule has 2 heterocycles. The van der Waals surface area contributed by atoms with Crippen molar-refractivity contribution in [3.8, 4) is 0 Å². The molecule has 0 fully saturated rings. The number of rotatable bonds is 3. The van der Waals surface area contributed by atoms with Crippen LogP contribution >= 0.6 is 0 Å². The fraction of sp³-hybridized carbons (Fsp3) is 0.0667. The first-order chi connectivity index (χ1) is 9.33. The van der Waals surface area contributed by atoms with E-state index in [1.54, 1.807) is 6.20 Å². The summed E-state index contributed by atoms with van der Waals surface area (Å²) in [6.07, 6.45) is 3.83. The highest BCUT2D eigenvalue weighted by atomic mass is 16.1. The Hall–Kier alpha value is -2.62. The van der Waals surface area contributed by atoms with Crippen LogP contribution in [0.2, 0.25) is 0 Å². The molecule has 3 aromatic rings. The first-order valence-corrected chi connectivity index (χ1v) is 6.09. The van der Waals surface area contributed by atoms with Crippen molar-refractivity contribution in [3.05, 3.63) is 60.6 Å². The second kappa shape index (κ2) is 4.94. The highest BCUT2D eigenvalue weighted by molar-refractivity contribution is 6.01. The summed E-state index contributed by atoms with van der Waals surface area (Å²) in [5, 5.41) is 3.93. The summed E-state index contributed by atoms with van der Waals surface area (Å²) in [6, 6.07) is 13.3. The Balaban J connectivity index is 1.78. The molecule has 2 aromatic heterocycles. The molecule has 0 unspecified atom stereocenters. The van der Waals surface area contributed by atoms with Crippen molar-refractivity contribution in [3.63, 3.8) is 0 Å². The van der Waals surface area contributed by atoms with Crippen LogP contribution in [-0.2, 0) is 11.2 Å². The molecule has 0 aliphatic rings. The smallest absolute Gasteiger partial charge is 0.230 e. The van der Waals surface area contributed by atoms with Crippen molar-refractivity contribution in [1.82, 2.24) is 9.97 Å². The van der Waals surface area contributed by atoms with E-state index in [2.05, 4.69) is 15.3 Å². The molecule has 0 aliphatic heterocycles. The monoisotopic (exact) mass is 251 g/mol. The summed E-state index contributed by atoms with van der Waals surface area (Å²) in [4.78, 5) is 19.3. The van der Waals surface area contributed by atoms with Gasteiger partial charge >= 0.3 is 0 Å². The van der Waals surface area contributed by atoms with Crippen LogP contribution < -0.4 is 5.32 Å². The van der Waals surface area contributed by atoms with E-state index < -0.39 is 0 Å². The predicted molar refractivity (Wildman–Crippen MR) is 74.9 cm³/mol. The van der Waals surface area contributed by atoms with E-state index in [1.165, 1.54) is 0 Å². The van der Waals surface area contributed by atoms with Gasteiger partial charge in [-0.15, -0.1) is 0 Å². The predicted octanol–water partition coefficient (Wildman–Crippen LogP) is 2.74. The third kappa shape index (κ3) is 2.47. The summed E-state index contributed by atoms with van der Waals surface area (Å²) >= 11 is 0. The molecule has 4 nitrogen and oxygen atoms in total. The Morgan fingerprint density at radius 1 is 1.16 bits per heavy atom. The minimum Gasteiger partial charge on any atom is -0.361 e. The lowest BCUT2D eigenvalue weighted by molar-refractivity contribution is -0.115. The van der Waals surface area contributed by atoms with Gasteiger partial charge in [0.05, 0.1) is 12.1 Å². The first-order valence-electron chi connectivity index (χ1n) is 6.09. The van der Waals surface area contributed by atoms with Gasteiger partial charge in [0.2, 0.25) is 5.91 Å². The van der Waals surface area contributed by atoms with Crippen LogP contribution in [0, 0.1) is 0 Å². The van der Waals surface area contributed by atoms with Crippen molar-refractivity contribution in [2.24, 2.45) is 0 Å². The number of pyridine rings is 1. The van der Waals surface area contributed by atoms with Crippen molar-refractivity contribution in [2.75, 3.05) is 5.32 Å². The highest BCUT2D eigenvalue weighted by Crippen LogP contribution is 2.22. The Bertz CT molecular complexity index is 703. The maximum absolute atomic E-state index is 12.0. The summed E-state index contributed by atoms with van der Waals surface area (Å²) < 4.78 is 0. The number of nitrogens with zero attached hydrogens (tertiary/aromatic N) is 1. The van der Waals surface area contributed by atoms with Crippen molar-refractivity contribution in [1.29, 1.82) is 0 Å². The molecule has 2 N–H and O–H groups in total. The summed E-state index contributed by atoms with van der Waals surface area (Å²) in [5.41, 5.74) is 2.59. The molecule has 1 aromatic carbocycles. The molecule has 1 amide bonds. The first kappa shape index (κ1) is 11.5. The fourth-order valence-corrected chi connectivity index (χ4v) is 2.06. The third-order valence-corrected chi connectivity index (χ3v) is 2.94. The van der Waals surface area contributed by atoms with Gasteiger partial charge in [0, 0.05) is 29.0 Å². The maximum Gasteiger partial charge on any atom is 0.230 e. The van der Waals surface area contributed by atoms with Crippen LogP contribution in [0.15, 0.2) is 54.9 Å². The molecule has 4 heteroatoms. The number of hydrogen-bond acceptors (Lipinski definition) is 2. The van der Waals surface area contributed by atoms with Gasteiger partial charge in [-0.3, -0.25) is 9.78 Å². The topological polar surface area (TPSA) is 57.8 Å². The van der Waals surface area contributed by atoms with E-state index in [-0.39, 0.29) is 12.3 Å². The lowest BCUT2D eigenvalue weighted by Gasteiger charge is -2.06. The third-order valence-electron chi connectivity index (χ3n) is 2.94. The van der Waals surface area contributed by atoms with Crippen LogP contribution in [0.4, 0.5) is 5.69 Å². The Kier molecular flexibility index (Phi) is 2.98. The van der Waals surface area contributed by atoms with Crippen molar-refractivity contribution in [2.45, 2.75) is 6.42 Å². The molecular formula is C15H13N3O. The molecule has 0 saturated heterocycles. The minimum absolute atomic E-state index is 0.0626. The number of amides is 1. The normalized spacial score (nSPS) is 10.5. The largest absolute Gasteiger partial charge is 0.361 e. The number of nitrogens with one attached hydrogen (secondary N) is 2. The van der Waals surface area contributed by atoms with E-state index in [0.717, 1.165) is 22.3 Å². The van der Waals surface area contributed by atoms with Crippen molar-refractivity contribution >= 4 is 22.5 Å². The Morgan fingerprint density at radius 3 is 2.95 bits per heavy atom. The van der Waals surface area contributed by atoms with Gasteiger partial charge in [0.1, 0.15) is 0 Å². The fourth-order valence-electron chi connectivity index (χ4n) is 2.06. The van der Waals surface area contributed by atoms with Gasteiger partial charge in [0.25, 0.3) is 0 Å².